The summed E-state index contributed by atoms with van der Waals surface area (Å²) in [7, 11) is 3.04. The molecule has 184 valence electrons. The number of halogens is 2. The number of likely N-dealkylation sites (N-methyl/N-ethyl adjacent to an activating group) is 1. The minimum absolute atomic E-state index is 0.131. The molecule has 0 atom stereocenters. The Morgan fingerprint density at radius 1 is 1.08 bits per heavy atom. The van der Waals surface area contributed by atoms with Gasteiger partial charge in [-0.15, -0.1) is 0 Å². The van der Waals surface area contributed by atoms with E-state index in [0.717, 1.165) is 22.3 Å². The van der Waals surface area contributed by atoms with Crippen molar-refractivity contribution in [3.63, 3.8) is 0 Å². The van der Waals surface area contributed by atoms with Crippen molar-refractivity contribution < 1.29 is 14.5 Å². The first-order valence-electron chi connectivity index (χ1n) is 11.0. The lowest BCUT2D eigenvalue weighted by Gasteiger charge is -2.13. The SMILES string of the molecule is CO/N=C(/C(=O)N(C)I)c1ccccc1CO/N=C(\C)C#Cc1ccc(Cl)cc1-c1ccc(C)cc1. The van der Waals surface area contributed by atoms with E-state index < -0.39 is 0 Å². The van der Waals surface area contributed by atoms with Crippen molar-refractivity contribution in [1.82, 2.24) is 3.11 Å². The number of amides is 1. The number of hydrogen-bond donors (Lipinski definition) is 0. The summed E-state index contributed by atoms with van der Waals surface area (Å²) in [6, 6.07) is 21.1. The maximum absolute atomic E-state index is 12.6. The molecular formula is C28H25ClIN3O3. The third-order valence-corrected chi connectivity index (χ3v) is 5.75. The first kappa shape index (κ1) is 27.2. The zero-order valence-electron chi connectivity index (χ0n) is 20.4. The fourth-order valence-electron chi connectivity index (χ4n) is 3.29. The fraction of sp³-hybridized carbons (Fsp3) is 0.179. The van der Waals surface area contributed by atoms with E-state index >= 15 is 0 Å². The highest BCUT2D eigenvalue weighted by Crippen LogP contribution is 2.27. The monoisotopic (exact) mass is 613 g/mol. The molecule has 0 saturated heterocycles. The van der Waals surface area contributed by atoms with E-state index in [1.807, 2.05) is 66.2 Å². The van der Waals surface area contributed by atoms with Crippen LogP contribution >= 0.6 is 34.5 Å². The second-order valence-electron chi connectivity index (χ2n) is 7.82. The lowest BCUT2D eigenvalue weighted by atomic mass is 9.99. The molecule has 0 unspecified atom stereocenters. The van der Waals surface area contributed by atoms with Crippen molar-refractivity contribution in [2.24, 2.45) is 10.3 Å². The molecule has 0 spiro atoms. The zero-order valence-corrected chi connectivity index (χ0v) is 23.3. The Morgan fingerprint density at radius 3 is 2.50 bits per heavy atom. The molecule has 1 amide bonds. The van der Waals surface area contributed by atoms with Crippen LogP contribution in [0.4, 0.5) is 0 Å². The highest BCUT2D eigenvalue weighted by Gasteiger charge is 2.21. The van der Waals surface area contributed by atoms with Crippen molar-refractivity contribution in [2.75, 3.05) is 14.2 Å². The summed E-state index contributed by atoms with van der Waals surface area (Å²) in [6.45, 7) is 3.95. The van der Waals surface area contributed by atoms with Gasteiger partial charge in [-0.1, -0.05) is 81.9 Å². The van der Waals surface area contributed by atoms with Gasteiger partial charge in [-0.3, -0.25) is 7.91 Å². The summed E-state index contributed by atoms with van der Waals surface area (Å²) in [5.41, 5.74) is 6.04. The van der Waals surface area contributed by atoms with Crippen LogP contribution in [0.2, 0.25) is 5.02 Å². The van der Waals surface area contributed by atoms with E-state index in [0.29, 0.717) is 16.3 Å². The number of aryl methyl sites for hydroxylation is 1. The molecule has 8 heteroatoms. The third-order valence-electron chi connectivity index (χ3n) is 5.08. The summed E-state index contributed by atoms with van der Waals surface area (Å²) in [5.74, 6) is 5.92. The van der Waals surface area contributed by atoms with Crippen LogP contribution < -0.4 is 0 Å². The quantitative estimate of drug-likeness (QED) is 0.102. The fourth-order valence-corrected chi connectivity index (χ4v) is 3.70. The van der Waals surface area contributed by atoms with Crippen LogP contribution in [-0.2, 0) is 21.1 Å². The summed E-state index contributed by atoms with van der Waals surface area (Å²) in [4.78, 5) is 23.0. The zero-order chi connectivity index (χ0) is 26.1. The lowest BCUT2D eigenvalue weighted by molar-refractivity contribution is -0.117. The molecule has 0 N–H and O–H groups in total. The number of oxime groups is 2. The van der Waals surface area contributed by atoms with Crippen LogP contribution in [0.15, 0.2) is 77.0 Å². The van der Waals surface area contributed by atoms with Crippen LogP contribution in [-0.4, -0.2) is 34.6 Å². The average molecular weight is 614 g/mol. The Labute approximate surface area is 230 Å². The molecule has 0 aromatic heterocycles. The first-order valence-corrected chi connectivity index (χ1v) is 12.3. The molecule has 0 radical (unpaired) electrons. The van der Waals surface area contributed by atoms with E-state index in [4.69, 9.17) is 21.3 Å². The smallest absolute Gasteiger partial charge is 0.284 e. The van der Waals surface area contributed by atoms with Crippen molar-refractivity contribution >= 4 is 51.8 Å². The standard InChI is InChI=1S/C28H25ClIN3O3/c1-19-9-12-21(13-10-19)26-17-24(29)16-15-22(26)14-11-20(2)31-36-18-23-7-5-6-8-25(23)27(32-35-4)28(34)33(3)30/h5-10,12-13,15-17H,18H2,1-4H3/b31-20+,32-27+. The largest absolute Gasteiger partial charge is 0.398 e. The molecule has 0 saturated carbocycles. The summed E-state index contributed by atoms with van der Waals surface area (Å²) < 4.78 is 1.41. The first-order chi connectivity index (χ1) is 17.3. The van der Waals surface area contributed by atoms with E-state index in [1.165, 1.54) is 15.8 Å². The maximum Gasteiger partial charge on any atom is 0.284 e. The lowest BCUT2D eigenvalue weighted by Crippen LogP contribution is -2.27. The maximum atomic E-state index is 12.6. The second-order valence-corrected chi connectivity index (χ2v) is 9.70. The van der Waals surface area contributed by atoms with E-state index in [9.17, 15) is 4.79 Å². The van der Waals surface area contributed by atoms with Crippen molar-refractivity contribution in [3.05, 3.63) is 94.0 Å². The Morgan fingerprint density at radius 2 is 1.81 bits per heavy atom. The van der Waals surface area contributed by atoms with Crippen LogP contribution in [0, 0.1) is 18.8 Å². The average Bonchev–Trinajstić information content (AvgIpc) is 2.87. The molecule has 3 rings (SSSR count). The van der Waals surface area contributed by atoms with Crippen molar-refractivity contribution in [1.29, 1.82) is 0 Å². The van der Waals surface area contributed by atoms with Gasteiger partial charge >= 0.3 is 0 Å². The van der Waals surface area contributed by atoms with Gasteiger partial charge in [0.05, 0.1) is 22.9 Å². The van der Waals surface area contributed by atoms with Gasteiger partial charge < -0.3 is 9.68 Å². The van der Waals surface area contributed by atoms with Gasteiger partial charge in [0.2, 0.25) is 0 Å². The molecule has 36 heavy (non-hydrogen) atoms. The summed E-state index contributed by atoms with van der Waals surface area (Å²) in [6.07, 6.45) is 0. The Hall–Kier alpha value is -3.35. The number of hydrogen-bond acceptors (Lipinski definition) is 5. The van der Waals surface area contributed by atoms with Crippen molar-refractivity contribution in [3.8, 4) is 23.0 Å². The molecule has 0 heterocycles. The van der Waals surface area contributed by atoms with Gasteiger partial charge in [-0.2, -0.15) is 0 Å². The number of carbonyl (C=O) groups excluding carboxylic acids is 1. The van der Waals surface area contributed by atoms with Crippen LogP contribution in [0.1, 0.15) is 29.2 Å². The number of benzene rings is 3. The van der Waals surface area contributed by atoms with Gasteiger partial charge in [0, 0.05) is 28.8 Å². The van der Waals surface area contributed by atoms with E-state index in [1.54, 1.807) is 20.0 Å². The van der Waals surface area contributed by atoms with E-state index in [-0.39, 0.29) is 18.2 Å². The predicted molar refractivity (Wildman–Crippen MR) is 153 cm³/mol. The topological polar surface area (TPSA) is 63.5 Å². The third kappa shape index (κ3) is 7.33. The van der Waals surface area contributed by atoms with Gasteiger partial charge in [0.15, 0.2) is 5.71 Å². The number of rotatable bonds is 7. The molecule has 0 fully saturated rings. The normalized spacial score (nSPS) is 11.4. The molecule has 0 aliphatic heterocycles. The molecule has 3 aromatic carbocycles. The van der Waals surface area contributed by atoms with Crippen LogP contribution in [0.25, 0.3) is 11.1 Å². The molecule has 0 bridgehead atoms. The van der Waals surface area contributed by atoms with Gasteiger partial charge in [0.25, 0.3) is 5.91 Å². The van der Waals surface area contributed by atoms with Crippen LogP contribution in [0.5, 0.6) is 0 Å². The van der Waals surface area contributed by atoms with Gasteiger partial charge in [0.1, 0.15) is 19.4 Å². The summed E-state index contributed by atoms with van der Waals surface area (Å²) in [5, 5.41) is 8.71. The molecule has 0 aliphatic carbocycles. The number of nitrogens with zero attached hydrogens (tertiary/aromatic N) is 3. The highest BCUT2D eigenvalue weighted by molar-refractivity contribution is 14.1. The highest BCUT2D eigenvalue weighted by atomic mass is 127. The molecule has 0 aliphatic rings. The Kier molecular flexibility index (Phi) is 9.91. The van der Waals surface area contributed by atoms with Crippen molar-refractivity contribution in [2.45, 2.75) is 20.5 Å². The second kappa shape index (κ2) is 13.1. The Balaban J connectivity index is 1.79. The molecular weight excluding hydrogens is 589 g/mol. The van der Waals surface area contributed by atoms with Crippen LogP contribution in [0.3, 0.4) is 0 Å². The van der Waals surface area contributed by atoms with E-state index in [2.05, 4.69) is 46.4 Å². The molecule has 3 aromatic rings. The minimum Gasteiger partial charge on any atom is -0.398 e. The van der Waals surface area contributed by atoms with Gasteiger partial charge in [-0.05, 0) is 49.1 Å². The predicted octanol–water partition coefficient (Wildman–Crippen LogP) is 6.42. The molecule has 6 nitrogen and oxygen atoms in total. The summed E-state index contributed by atoms with van der Waals surface area (Å²) >= 11 is 8.14. The minimum atomic E-state index is -0.289. The van der Waals surface area contributed by atoms with Gasteiger partial charge in [-0.25, -0.2) is 0 Å². The number of carbonyl (C=O) groups is 1. The Bertz CT molecular complexity index is 1360.